The predicted octanol–water partition coefficient (Wildman–Crippen LogP) is 0.442. The molecular weight excluding hydrogens is 240 g/mol. The summed E-state index contributed by atoms with van der Waals surface area (Å²) in [6.45, 7) is 8.75. The van der Waals surface area contributed by atoms with Gasteiger partial charge in [-0.3, -0.25) is 4.79 Å². The number of rotatable bonds is 5. The minimum Gasteiger partial charge on any atom is -0.350 e. The summed E-state index contributed by atoms with van der Waals surface area (Å²) in [5.74, 6) is -0.457. The van der Waals surface area contributed by atoms with Crippen molar-refractivity contribution < 1.29 is 13.2 Å². The lowest BCUT2D eigenvalue weighted by atomic mass is 10.1. The van der Waals surface area contributed by atoms with E-state index in [1.165, 1.54) is 6.92 Å². The zero-order valence-corrected chi connectivity index (χ0v) is 12.1. The third-order valence-electron chi connectivity index (χ3n) is 2.49. The molecule has 0 bridgehead atoms. The quantitative estimate of drug-likeness (QED) is 0.754. The number of nitrogens with two attached hydrogens (primary N) is 1. The largest absolute Gasteiger partial charge is 0.350 e. The van der Waals surface area contributed by atoms with Crippen LogP contribution >= 0.6 is 0 Å². The molecule has 0 radical (unpaired) electrons. The highest BCUT2D eigenvalue weighted by Gasteiger charge is 2.33. The molecule has 102 valence electrons. The lowest BCUT2D eigenvalue weighted by Gasteiger charge is -2.24. The fraction of sp³-hybridized carbons (Fsp3) is 0.909. The number of sulfone groups is 1. The van der Waals surface area contributed by atoms with Crippen LogP contribution in [0.4, 0.5) is 0 Å². The van der Waals surface area contributed by atoms with Gasteiger partial charge < -0.3 is 11.1 Å². The van der Waals surface area contributed by atoms with Crippen LogP contribution in [0.3, 0.4) is 0 Å². The van der Waals surface area contributed by atoms with Gasteiger partial charge in [0.25, 0.3) is 0 Å². The molecule has 0 aromatic heterocycles. The summed E-state index contributed by atoms with van der Waals surface area (Å²) in [6.07, 6.45) is 0.371. The Kier molecular flexibility index (Phi) is 5.61. The van der Waals surface area contributed by atoms with E-state index in [-0.39, 0.29) is 0 Å². The van der Waals surface area contributed by atoms with Crippen LogP contribution in [0.15, 0.2) is 0 Å². The molecule has 2 unspecified atom stereocenters. The molecule has 17 heavy (non-hydrogen) atoms. The molecule has 0 aromatic rings. The van der Waals surface area contributed by atoms with Crippen molar-refractivity contribution in [1.82, 2.24) is 5.32 Å². The Bertz CT molecular complexity index is 357. The van der Waals surface area contributed by atoms with E-state index in [1.54, 1.807) is 6.92 Å². The van der Waals surface area contributed by atoms with Crippen LogP contribution in [-0.4, -0.2) is 36.9 Å². The van der Waals surface area contributed by atoms with Gasteiger partial charge in [0.1, 0.15) is 5.25 Å². The van der Waals surface area contributed by atoms with Gasteiger partial charge in [-0.15, -0.1) is 0 Å². The molecule has 5 nitrogen and oxygen atoms in total. The third kappa shape index (κ3) is 5.04. The van der Waals surface area contributed by atoms with Gasteiger partial charge in [0.05, 0.1) is 5.25 Å². The average Bonchev–Trinajstić information content (AvgIpc) is 2.14. The van der Waals surface area contributed by atoms with Crippen molar-refractivity contribution in [2.45, 2.75) is 57.1 Å². The summed E-state index contributed by atoms with van der Waals surface area (Å²) < 4.78 is 24.1. The lowest BCUT2D eigenvalue weighted by Crippen LogP contribution is -2.48. The van der Waals surface area contributed by atoms with Gasteiger partial charge in [0.15, 0.2) is 9.84 Å². The smallest absolute Gasteiger partial charge is 0.238 e. The van der Waals surface area contributed by atoms with E-state index in [4.69, 9.17) is 5.73 Å². The maximum absolute atomic E-state index is 12.0. The number of hydrogen-bond donors (Lipinski definition) is 2. The van der Waals surface area contributed by atoms with E-state index < -0.39 is 31.8 Å². The number of carbonyl (C=O) groups excluding carboxylic acids is 1. The van der Waals surface area contributed by atoms with E-state index in [0.717, 1.165) is 0 Å². The Hall–Kier alpha value is -0.620. The van der Waals surface area contributed by atoms with Crippen molar-refractivity contribution in [3.8, 4) is 0 Å². The van der Waals surface area contributed by atoms with Crippen LogP contribution in [0.5, 0.6) is 0 Å². The second kappa shape index (κ2) is 5.82. The summed E-state index contributed by atoms with van der Waals surface area (Å²) in [5, 5.41) is 1.04. The minimum atomic E-state index is -3.46. The predicted molar refractivity (Wildman–Crippen MR) is 69.4 cm³/mol. The van der Waals surface area contributed by atoms with E-state index in [1.807, 2.05) is 20.8 Å². The first kappa shape index (κ1) is 16.4. The molecule has 3 N–H and O–H groups in total. The number of carbonyl (C=O) groups is 1. The van der Waals surface area contributed by atoms with Gasteiger partial charge in [-0.25, -0.2) is 8.42 Å². The Morgan fingerprint density at radius 1 is 1.29 bits per heavy atom. The van der Waals surface area contributed by atoms with Crippen LogP contribution in [0, 0.1) is 0 Å². The number of hydrogen-bond acceptors (Lipinski definition) is 4. The topological polar surface area (TPSA) is 89.3 Å². The van der Waals surface area contributed by atoms with Crippen molar-refractivity contribution in [2.24, 2.45) is 5.73 Å². The van der Waals surface area contributed by atoms with Crippen molar-refractivity contribution >= 4 is 15.7 Å². The first-order chi connectivity index (χ1) is 7.52. The maximum Gasteiger partial charge on any atom is 0.238 e. The molecule has 2 atom stereocenters. The molecule has 0 rings (SSSR count). The Morgan fingerprint density at radius 3 is 2.12 bits per heavy atom. The minimum absolute atomic E-state index is 0.300. The first-order valence-corrected chi connectivity index (χ1v) is 7.38. The van der Waals surface area contributed by atoms with Gasteiger partial charge in [-0.05, 0) is 47.6 Å². The number of nitrogens with one attached hydrogen (secondary N) is 1. The molecule has 0 fully saturated rings. The van der Waals surface area contributed by atoms with Crippen molar-refractivity contribution in [3.63, 3.8) is 0 Å². The van der Waals surface area contributed by atoms with Gasteiger partial charge in [-0.1, -0.05) is 0 Å². The zero-order valence-electron chi connectivity index (χ0n) is 11.3. The fourth-order valence-corrected chi connectivity index (χ4v) is 2.89. The standard InChI is InChI=1S/C11H24N2O3S/c1-8(6-7-12)17(15,16)9(2)10(14)13-11(3,4)5/h8-9H,6-7,12H2,1-5H3,(H,13,14). The van der Waals surface area contributed by atoms with Gasteiger partial charge in [-0.2, -0.15) is 0 Å². The molecule has 0 heterocycles. The maximum atomic E-state index is 12.0. The van der Waals surface area contributed by atoms with E-state index in [0.29, 0.717) is 13.0 Å². The molecule has 0 saturated heterocycles. The molecule has 0 aliphatic rings. The van der Waals surface area contributed by atoms with Gasteiger partial charge >= 0.3 is 0 Å². The van der Waals surface area contributed by atoms with E-state index >= 15 is 0 Å². The SMILES string of the molecule is CC(CCN)S(=O)(=O)C(C)C(=O)NC(C)(C)C. The normalized spacial score (nSPS) is 16.4. The molecule has 0 saturated carbocycles. The molecular formula is C11H24N2O3S. The van der Waals surface area contributed by atoms with Crippen LogP contribution in [0.1, 0.15) is 41.0 Å². The van der Waals surface area contributed by atoms with Crippen LogP contribution in [0.25, 0.3) is 0 Å². The fourth-order valence-electron chi connectivity index (χ4n) is 1.37. The van der Waals surface area contributed by atoms with Crippen molar-refractivity contribution in [1.29, 1.82) is 0 Å². The first-order valence-electron chi connectivity index (χ1n) is 5.77. The average molecular weight is 264 g/mol. The summed E-state index contributed by atoms with van der Waals surface area (Å²) in [6, 6.07) is 0. The third-order valence-corrected chi connectivity index (χ3v) is 5.05. The molecule has 0 spiro atoms. The van der Waals surface area contributed by atoms with Crippen molar-refractivity contribution in [3.05, 3.63) is 0 Å². The highest BCUT2D eigenvalue weighted by atomic mass is 32.2. The zero-order chi connectivity index (χ0) is 13.9. The Balaban J connectivity index is 4.80. The van der Waals surface area contributed by atoms with Gasteiger partial charge in [0.2, 0.25) is 5.91 Å². The molecule has 0 aromatic carbocycles. The highest BCUT2D eigenvalue weighted by Crippen LogP contribution is 2.13. The second-order valence-corrected chi connectivity index (χ2v) is 8.05. The summed E-state index contributed by atoms with van der Waals surface area (Å²) in [4.78, 5) is 11.8. The monoisotopic (exact) mass is 264 g/mol. The summed E-state index contributed by atoms with van der Waals surface area (Å²) in [7, 11) is -3.46. The van der Waals surface area contributed by atoms with Gasteiger partial charge in [0, 0.05) is 5.54 Å². The molecule has 6 heteroatoms. The highest BCUT2D eigenvalue weighted by molar-refractivity contribution is 7.93. The summed E-state index contributed by atoms with van der Waals surface area (Å²) >= 11 is 0. The van der Waals surface area contributed by atoms with E-state index in [9.17, 15) is 13.2 Å². The molecule has 0 aliphatic heterocycles. The van der Waals surface area contributed by atoms with E-state index in [2.05, 4.69) is 5.32 Å². The lowest BCUT2D eigenvalue weighted by molar-refractivity contribution is -0.121. The van der Waals surface area contributed by atoms with Crippen molar-refractivity contribution in [2.75, 3.05) is 6.54 Å². The van der Waals surface area contributed by atoms with Crippen LogP contribution < -0.4 is 11.1 Å². The molecule has 1 amide bonds. The molecule has 0 aliphatic carbocycles. The second-order valence-electron chi connectivity index (χ2n) is 5.36. The number of amides is 1. The summed E-state index contributed by atoms with van der Waals surface area (Å²) in [5.41, 5.74) is 4.91. The van der Waals surface area contributed by atoms with Crippen LogP contribution in [0.2, 0.25) is 0 Å². The Labute approximate surface area is 104 Å². The Morgan fingerprint density at radius 2 is 1.76 bits per heavy atom. The van der Waals surface area contributed by atoms with Crippen LogP contribution in [-0.2, 0) is 14.6 Å².